The Kier molecular flexibility index (Phi) is 7.93. The Morgan fingerprint density at radius 2 is 1.23 bits per heavy atom. The van der Waals surface area contributed by atoms with E-state index in [1.165, 1.54) is 0 Å². The molecule has 0 radical (unpaired) electrons. The first kappa shape index (κ1) is 12.6. The molecule has 0 aliphatic rings. The van der Waals surface area contributed by atoms with Crippen LogP contribution in [0.25, 0.3) is 0 Å². The van der Waals surface area contributed by atoms with Crippen LogP contribution in [0, 0.1) is 15.9 Å². The number of rotatable bonds is 0. The van der Waals surface area contributed by atoms with Gasteiger partial charge in [0.05, 0.1) is 0 Å². The molecule has 0 aromatic carbocycles. The van der Waals surface area contributed by atoms with E-state index in [4.69, 9.17) is 0 Å². The molecule has 0 bridgehead atoms. The van der Waals surface area contributed by atoms with Gasteiger partial charge in [-0.25, -0.2) is 0 Å². The van der Waals surface area contributed by atoms with Crippen LogP contribution in [-0.2, 0) is 0 Å². The van der Waals surface area contributed by atoms with Crippen molar-refractivity contribution >= 4 is 33.8 Å². The second-order valence-corrected chi connectivity index (χ2v) is 3.34. The van der Waals surface area contributed by atoms with Gasteiger partial charge in [0.25, 0.3) is 0 Å². The zero-order chi connectivity index (χ0) is 10.1. The summed E-state index contributed by atoms with van der Waals surface area (Å²) in [6, 6.07) is 0. The second-order valence-electron chi connectivity index (χ2n) is 1.69. The number of allylic oxidation sites excluding steroid dienone is 2. The Balaban J connectivity index is 3.88. The van der Waals surface area contributed by atoms with Crippen molar-refractivity contribution in [3.05, 3.63) is 24.3 Å². The molecule has 0 atom stereocenters. The Morgan fingerprint density at radius 3 is 1.54 bits per heavy atom. The van der Waals surface area contributed by atoms with Gasteiger partial charge in [-0.1, -0.05) is 0 Å². The summed E-state index contributed by atoms with van der Waals surface area (Å²) in [5.41, 5.74) is 0. The van der Waals surface area contributed by atoms with Gasteiger partial charge in [-0.2, -0.15) is 0 Å². The molecule has 0 amide bonds. The standard InChI is InChI=1S/2C4HF2.Ca/c2*1-2-3-4(5)6;/h2*3H;. The van der Waals surface area contributed by atoms with Gasteiger partial charge in [0, 0.05) is 0 Å². The maximum atomic E-state index is 11.4. The summed E-state index contributed by atoms with van der Waals surface area (Å²) in [7, 11) is 0. The Labute approximate surface area is 91.0 Å². The minimum atomic E-state index is -1.86. The first-order valence-corrected chi connectivity index (χ1v) is 5.33. The fourth-order valence-electron chi connectivity index (χ4n) is 0.357. The van der Waals surface area contributed by atoms with Crippen molar-refractivity contribution in [1.29, 1.82) is 0 Å². The van der Waals surface area contributed by atoms with Crippen LogP contribution >= 0.6 is 0 Å². The van der Waals surface area contributed by atoms with Crippen LogP contribution in [0.15, 0.2) is 24.3 Å². The van der Waals surface area contributed by atoms with Gasteiger partial charge in [-0.15, -0.1) is 0 Å². The molecule has 5 heteroatoms. The summed E-state index contributed by atoms with van der Waals surface area (Å²) >= 11 is -1.55. The van der Waals surface area contributed by atoms with E-state index >= 15 is 0 Å². The van der Waals surface area contributed by atoms with E-state index in [1.54, 1.807) is 0 Å². The van der Waals surface area contributed by atoms with Crippen molar-refractivity contribution in [2.24, 2.45) is 0 Å². The third-order valence-corrected chi connectivity index (χ3v) is 1.93. The minimum absolute atomic E-state index is 0.471. The van der Waals surface area contributed by atoms with Crippen LogP contribution in [0.3, 0.4) is 0 Å². The van der Waals surface area contributed by atoms with Crippen molar-refractivity contribution in [3.8, 4) is 15.9 Å². The quantitative estimate of drug-likeness (QED) is 0.329. The SMILES string of the molecule is FC(F)=CC#[C][Ca][C]#CC=C(F)F. The van der Waals surface area contributed by atoms with E-state index in [1.807, 2.05) is 0 Å². The summed E-state index contributed by atoms with van der Waals surface area (Å²) < 4.78 is 50.3. The van der Waals surface area contributed by atoms with Crippen molar-refractivity contribution in [2.75, 3.05) is 0 Å². The Bertz CT molecular complexity index is 293. The van der Waals surface area contributed by atoms with E-state index < -0.39 is 46.0 Å². The molecule has 0 unspecified atom stereocenters. The number of hydrogen-bond acceptors (Lipinski definition) is 0. The molecule has 0 nitrogen and oxygen atoms in total. The molecule has 13 heavy (non-hydrogen) atoms. The van der Waals surface area contributed by atoms with Gasteiger partial charge in [0.2, 0.25) is 0 Å². The molecule has 0 heterocycles. The summed E-state index contributed by atoms with van der Waals surface area (Å²) in [6.45, 7) is 0. The van der Waals surface area contributed by atoms with Crippen LogP contribution in [0.5, 0.6) is 0 Å². The van der Waals surface area contributed by atoms with Crippen LogP contribution in [0.1, 0.15) is 0 Å². The number of halogens is 4. The molecule has 0 aromatic rings. The third kappa shape index (κ3) is 11.6. The normalized spacial score (nSPS) is 6.46. The maximum absolute atomic E-state index is 11.4. The van der Waals surface area contributed by atoms with Gasteiger partial charge in [0.15, 0.2) is 0 Å². The topological polar surface area (TPSA) is 0 Å². The molecule has 0 rings (SSSR count). The van der Waals surface area contributed by atoms with Crippen molar-refractivity contribution in [3.63, 3.8) is 0 Å². The van der Waals surface area contributed by atoms with Crippen LogP contribution in [0.2, 0.25) is 0 Å². The summed E-state index contributed by atoms with van der Waals surface area (Å²) in [5, 5.41) is 0. The predicted molar refractivity (Wildman–Crippen MR) is 41.9 cm³/mol. The molecule has 0 N–H and O–H groups in total. The monoisotopic (exact) mass is 214 g/mol. The summed E-state index contributed by atoms with van der Waals surface area (Å²) in [6.07, 6.45) is -2.79. The molecular weight excluding hydrogens is 212 g/mol. The Hall–Kier alpha value is -0.420. The van der Waals surface area contributed by atoms with Gasteiger partial charge < -0.3 is 0 Å². The van der Waals surface area contributed by atoms with Crippen molar-refractivity contribution in [1.82, 2.24) is 0 Å². The van der Waals surface area contributed by atoms with Gasteiger partial charge in [0.1, 0.15) is 0 Å². The van der Waals surface area contributed by atoms with E-state index in [9.17, 15) is 17.6 Å². The first-order chi connectivity index (χ1) is 6.13. The fourth-order valence-corrected chi connectivity index (χ4v) is 1.13. The van der Waals surface area contributed by atoms with Crippen LogP contribution in [0.4, 0.5) is 17.6 Å². The molecule has 64 valence electrons. The summed E-state index contributed by atoms with van der Waals surface area (Å²) in [5.74, 6) is 4.17. The van der Waals surface area contributed by atoms with E-state index in [0.717, 1.165) is 0 Å². The van der Waals surface area contributed by atoms with Crippen molar-refractivity contribution < 1.29 is 17.6 Å². The van der Waals surface area contributed by atoms with E-state index in [-0.39, 0.29) is 0 Å². The first-order valence-electron chi connectivity index (χ1n) is 3.12. The molecule has 0 aromatic heterocycles. The van der Waals surface area contributed by atoms with E-state index in [0.29, 0.717) is 12.2 Å². The molecule has 0 aliphatic heterocycles. The van der Waals surface area contributed by atoms with Crippen LogP contribution < -0.4 is 0 Å². The van der Waals surface area contributed by atoms with Gasteiger partial charge >= 0.3 is 91.6 Å². The average Bonchev–Trinajstić information content (AvgIpc) is 2.01. The average molecular weight is 214 g/mol. The molecule has 0 fully saturated rings. The van der Waals surface area contributed by atoms with E-state index in [2.05, 4.69) is 15.9 Å². The fraction of sp³-hybridized carbons (Fsp3) is 0. The number of hydrogen-bond donors (Lipinski definition) is 0. The van der Waals surface area contributed by atoms with Gasteiger partial charge in [-0.05, 0) is 0 Å². The third-order valence-electron chi connectivity index (χ3n) is 0.743. The zero-order valence-electron chi connectivity index (χ0n) is 6.37. The molecule has 0 spiro atoms. The van der Waals surface area contributed by atoms with Crippen molar-refractivity contribution in [2.45, 2.75) is 0 Å². The molecule has 0 aliphatic carbocycles. The molecule has 0 saturated carbocycles. The van der Waals surface area contributed by atoms with Crippen LogP contribution in [-0.4, -0.2) is 33.8 Å². The predicted octanol–water partition coefficient (Wildman–Crippen LogP) is 2.17. The zero-order valence-corrected chi connectivity index (χ0v) is 8.58. The summed E-state index contributed by atoms with van der Waals surface area (Å²) in [4.78, 5) is 0. The molecule has 0 saturated heterocycles. The van der Waals surface area contributed by atoms with Gasteiger partial charge in [-0.3, -0.25) is 0 Å². The Morgan fingerprint density at radius 1 is 0.846 bits per heavy atom. The second kappa shape index (κ2) is 8.19. The molecular formula is C8H2CaF4.